The Bertz CT molecular complexity index is 880. The third-order valence-corrected chi connectivity index (χ3v) is 12.1. The molecule has 2 aromatic carbocycles. The van der Waals surface area contributed by atoms with Crippen molar-refractivity contribution in [1.82, 2.24) is 0 Å². The second-order valence-corrected chi connectivity index (χ2v) is 15.1. The van der Waals surface area contributed by atoms with Gasteiger partial charge in [-0.05, 0) is 47.0 Å². The molecule has 1 fully saturated rings. The third kappa shape index (κ3) is 5.24. The lowest BCUT2D eigenvalue weighted by Crippen LogP contribution is -2.67. The van der Waals surface area contributed by atoms with Crippen molar-refractivity contribution in [2.45, 2.75) is 56.8 Å². The van der Waals surface area contributed by atoms with Crippen LogP contribution in [0.4, 0.5) is 0 Å². The summed E-state index contributed by atoms with van der Waals surface area (Å²) in [6.07, 6.45) is 2.55. The van der Waals surface area contributed by atoms with Crippen molar-refractivity contribution in [3.05, 3.63) is 60.7 Å². The van der Waals surface area contributed by atoms with Crippen LogP contribution in [-0.4, -0.2) is 38.1 Å². The summed E-state index contributed by atoms with van der Waals surface area (Å²) in [5.41, 5.74) is -0.0939. The third-order valence-electron chi connectivity index (χ3n) is 6.34. The van der Waals surface area contributed by atoms with E-state index in [1.54, 1.807) is 6.92 Å². The van der Waals surface area contributed by atoms with Crippen LogP contribution in [0.5, 0.6) is 0 Å². The zero-order valence-corrected chi connectivity index (χ0v) is 22.0. The molecule has 0 aromatic heterocycles. The van der Waals surface area contributed by atoms with Gasteiger partial charge in [-0.2, -0.15) is 0 Å². The molecule has 0 N–H and O–H groups in total. The molecule has 1 aliphatic rings. The Labute approximate surface area is 201 Å². The van der Waals surface area contributed by atoms with Crippen LogP contribution in [-0.2, 0) is 18.8 Å². The SMILES string of the molecule is CCOC(=O)C(=O)C(Br)CC1(CO[Si](c2ccccc2)(c2ccccc2)C(C)(C)C)CC1. The molecule has 0 radical (unpaired) electrons. The Hall–Kier alpha value is -1.76. The molecule has 1 aliphatic carbocycles. The van der Waals surface area contributed by atoms with E-state index in [0.29, 0.717) is 13.0 Å². The van der Waals surface area contributed by atoms with Gasteiger partial charge in [0, 0.05) is 6.61 Å². The Morgan fingerprint density at radius 2 is 1.50 bits per heavy atom. The smallest absolute Gasteiger partial charge is 0.375 e. The number of esters is 1. The average Bonchev–Trinajstić information content (AvgIpc) is 3.53. The molecular formula is C26H33BrO4Si. The topological polar surface area (TPSA) is 52.6 Å². The first-order valence-electron chi connectivity index (χ1n) is 11.3. The zero-order chi connectivity index (χ0) is 23.4. The summed E-state index contributed by atoms with van der Waals surface area (Å²) >= 11 is 3.44. The number of ether oxygens (including phenoxy) is 1. The molecular weight excluding hydrogens is 484 g/mol. The van der Waals surface area contributed by atoms with Crippen molar-refractivity contribution in [2.75, 3.05) is 13.2 Å². The lowest BCUT2D eigenvalue weighted by Gasteiger charge is -2.44. The highest BCUT2D eigenvalue weighted by molar-refractivity contribution is 9.10. The molecule has 0 aliphatic heterocycles. The summed E-state index contributed by atoms with van der Waals surface area (Å²) in [4.78, 5) is 23.7. The molecule has 0 bridgehead atoms. The number of carbonyl (C=O) groups is 2. The monoisotopic (exact) mass is 516 g/mol. The average molecular weight is 518 g/mol. The predicted octanol–water partition coefficient (Wildman–Crippen LogP) is 4.63. The van der Waals surface area contributed by atoms with Gasteiger partial charge in [-0.15, -0.1) is 0 Å². The minimum Gasteiger partial charge on any atom is -0.460 e. The van der Waals surface area contributed by atoms with Gasteiger partial charge in [-0.25, -0.2) is 4.79 Å². The first kappa shape index (κ1) is 24.9. The fourth-order valence-electron chi connectivity index (χ4n) is 4.41. The van der Waals surface area contributed by atoms with Crippen LogP contribution in [0.15, 0.2) is 60.7 Å². The van der Waals surface area contributed by atoms with Gasteiger partial charge in [0.15, 0.2) is 0 Å². The van der Waals surface area contributed by atoms with Gasteiger partial charge in [0.25, 0.3) is 14.1 Å². The van der Waals surface area contributed by atoms with Crippen LogP contribution < -0.4 is 10.4 Å². The van der Waals surface area contributed by atoms with Crippen molar-refractivity contribution < 1.29 is 18.8 Å². The van der Waals surface area contributed by atoms with Gasteiger partial charge in [0.1, 0.15) is 0 Å². The predicted molar refractivity (Wildman–Crippen MR) is 134 cm³/mol. The summed E-state index contributed by atoms with van der Waals surface area (Å²) in [5, 5.41) is 2.39. The summed E-state index contributed by atoms with van der Waals surface area (Å²) in [7, 11) is -2.62. The summed E-state index contributed by atoms with van der Waals surface area (Å²) in [6, 6.07) is 21.1. The lowest BCUT2D eigenvalue weighted by molar-refractivity contribution is -0.153. The van der Waals surface area contributed by atoms with Gasteiger partial charge in [0.2, 0.25) is 0 Å². The van der Waals surface area contributed by atoms with Crippen LogP contribution in [0.25, 0.3) is 0 Å². The van der Waals surface area contributed by atoms with E-state index in [-0.39, 0.29) is 17.1 Å². The highest BCUT2D eigenvalue weighted by atomic mass is 79.9. The van der Waals surface area contributed by atoms with Gasteiger partial charge in [0.05, 0.1) is 11.4 Å². The molecule has 1 unspecified atom stereocenters. The minimum absolute atomic E-state index is 0.0939. The van der Waals surface area contributed by atoms with E-state index in [1.807, 2.05) is 12.1 Å². The first-order valence-corrected chi connectivity index (χ1v) is 14.1. The van der Waals surface area contributed by atoms with E-state index >= 15 is 0 Å². The van der Waals surface area contributed by atoms with Crippen LogP contribution in [0.3, 0.4) is 0 Å². The fraction of sp³-hybridized carbons (Fsp3) is 0.462. The maximum atomic E-state index is 12.4. The molecule has 0 amide bonds. The summed E-state index contributed by atoms with van der Waals surface area (Å²) in [6.45, 7) is 9.25. The molecule has 2 aromatic rings. The van der Waals surface area contributed by atoms with Gasteiger partial charge in [-0.1, -0.05) is 97.4 Å². The van der Waals surface area contributed by atoms with Crippen LogP contribution in [0.1, 0.15) is 47.0 Å². The number of hydrogen-bond donors (Lipinski definition) is 0. The van der Waals surface area contributed by atoms with E-state index in [2.05, 4.69) is 85.2 Å². The largest absolute Gasteiger partial charge is 0.460 e. The van der Waals surface area contributed by atoms with E-state index in [9.17, 15) is 9.59 Å². The van der Waals surface area contributed by atoms with Gasteiger partial charge < -0.3 is 9.16 Å². The van der Waals surface area contributed by atoms with Crippen molar-refractivity contribution in [3.63, 3.8) is 0 Å². The Morgan fingerprint density at radius 3 is 1.91 bits per heavy atom. The maximum Gasteiger partial charge on any atom is 0.375 e. The standard InChI is InChI=1S/C26H33BrO4Si/c1-5-30-24(29)23(28)22(27)18-26(16-17-26)19-31-32(25(2,3)4,20-12-8-6-9-13-20)21-14-10-7-11-15-21/h6-15,22H,5,16-19H2,1-4H3. The number of Topliss-reactive ketones (excluding diaryl/α,β-unsaturated/α-hetero) is 1. The van der Waals surface area contributed by atoms with E-state index in [1.165, 1.54) is 10.4 Å². The Morgan fingerprint density at radius 1 is 1.00 bits per heavy atom. The molecule has 0 spiro atoms. The molecule has 172 valence electrons. The van der Waals surface area contributed by atoms with Crippen molar-refractivity contribution >= 4 is 46.4 Å². The van der Waals surface area contributed by atoms with E-state index in [4.69, 9.17) is 9.16 Å². The second kappa shape index (κ2) is 10.0. The number of ketones is 1. The highest BCUT2D eigenvalue weighted by Gasteiger charge is 2.53. The van der Waals surface area contributed by atoms with E-state index < -0.39 is 24.9 Å². The molecule has 0 heterocycles. The van der Waals surface area contributed by atoms with Crippen LogP contribution >= 0.6 is 15.9 Å². The van der Waals surface area contributed by atoms with Crippen molar-refractivity contribution in [2.24, 2.45) is 5.41 Å². The van der Waals surface area contributed by atoms with Crippen molar-refractivity contribution in [3.8, 4) is 0 Å². The quantitative estimate of drug-likeness (QED) is 0.200. The summed E-state index contributed by atoms with van der Waals surface area (Å²) in [5.74, 6) is -1.28. The normalized spacial score (nSPS) is 16.3. The number of benzene rings is 2. The lowest BCUT2D eigenvalue weighted by atomic mass is 9.99. The second-order valence-electron chi connectivity index (χ2n) is 9.71. The molecule has 0 saturated heterocycles. The molecule has 1 atom stereocenters. The maximum absolute atomic E-state index is 12.4. The highest BCUT2D eigenvalue weighted by Crippen LogP contribution is 2.52. The van der Waals surface area contributed by atoms with Crippen LogP contribution in [0.2, 0.25) is 5.04 Å². The van der Waals surface area contributed by atoms with E-state index in [0.717, 1.165) is 12.8 Å². The Kier molecular flexibility index (Phi) is 7.79. The molecule has 6 heteroatoms. The minimum atomic E-state index is -2.62. The van der Waals surface area contributed by atoms with Crippen molar-refractivity contribution in [1.29, 1.82) is 0 Å². The van der Waals surface area contributed by atoms with Gasteiger partial charge in [-0.3, -0.25) is 4.79 Å². The molecule has 32 heavy (non-hydrogen) atoms. The molecule has 4 nitrogen and oxygen atoms in total. The summed E-state index contributed by atoms with van der Waals surface area (Å²) < 4.78 is 12.0. The van der Waals surface area contributed by atoms with Gasteiger partial charge >= 0.3 is 5.97 Å². The number of hydrogen-bond acceptors (Lipinski definition) is 4. The molecule has 3 rings (SSSR count). The van der Waals surface area contributed by atoms with Crippen LogP contribution in [0, 0.1) is 5.41 Å². The fourth-order valence-corrected chi connectivity index (χ4v) is 9.96. The number of carbonyl (C=O) groups excluding carboxylic acids is 2. The first-order chi connectivity index (χ1) is 15.2. The Balaban J connectivity index is 1.88. The zero-order valence-electron chi connectivity index (χ0n) is 19.4. The number of halogens is 1. The molecule has 1 saturated carbocycles. The number of alkyl halides is 1. The number of rotatable bonds is 10.